The normalized spacial score (nSPS) is 15.6. The molecule has 0 aliphatic carbocycles. The maximum Gasteiger partial charge on any atom is 0.314 e. The van der Waals surface area contributed by atoms with Crippen LogP contribution in [0.15, 0.2) is 36.7 Å². The van der Waals surface area contributed by atoms with Crippen molar-refractivity contribution in [2.45, 2.75) is 25.5 Å². The van der Waals surface area contributed by atoms with Crippen LogP contribution in [0.2, 0.25) is 0 Å². The van der Waals surface area contributed by atoms with Gasteiger partial charge in [0.05, 0.1) is 12.3 Å². The van der Waals surface area contributed by atoms with Crippen molar-refractivity contribution in [2.24, 2.45) is 7.05 Å². The lowest BCUT2D eigenvalue weighted by molar-refractivity contribution is 0.173. The first-order valence-electron chi connectivity index (χ1n) is 8.57. The zero-order valence-corrected chi connectivity index (χ0v) is 14.6. The number of benzene rings is 1. The number of carbonyl (C=O) groups excluding carboxylic acids is 1. The molecule has 3 N–H and O–H groups in total. The number of aliphatic hydroxyl groups excluding tert-OH is 1. The Kier molecular flexibility index (Phi) is 5.23. The molecule has 0 bridgehead atoms. The van der Waals surface area contributed by atoms with E-state index in [0.29, 0.717) is 12.1 Å². The van der Waals surface area contributed by atoms with Crippen molar-refractivity contribution < 1.29 is 9.90 Å². The van der Waals surface area contributed by atoms with E-state index in [1.807, 2.05) is 6.07 Å². The van der Waals surface area contributed by atoms with Gasteiger partial charge in [-0.25, -0.2) is 4.79 Å². The lowest BCUT2D eigenvalue weighted by atomic mass is 10.2. The van der Waals surface area contributed by atoms with Gasteiger partial charge in [0.15, 0.2) is 0 Å². The fraction of sp³-hybridized carbons (Fsp3) is 0.444. The maximum atomic E-state index is 12.0. The Morgan fingerprint density at radius 2 is 2.08 bits per heavy atom. The Morgan fingerprint density at radius 3 is 2.84 bits per heavy atom. The van der Waals surface area contributed by atoms with Crippen molar-refractivity contribution in [3.63, 3.8) is 0 Å². The van der Waals surface area contributed by atoms with Crippen LogP contribution in [0, 0.1) is 0 Å². The second kappa shape index (κ2) is 7.57. The molecular formula is C18H25N5O2. The molecule has 134 valence electrons. The summed E-state index contributed by atoms with van der Waals surface area (Å²) in [5, 5.41) is 19.6. The predicted octanol–water partition coefficient (Wildman–Crippen LogP) is 1.20. The Balaban J connectivity index is 1.43. The molecule has 1 aromatic heterocycles. The van der Waals surface area contributed by atoms with Crippen molar-refractivity contribution in [1.29, 1.82) is 0 Å². The minimum Gasteiger partial charge on any atom is -0.386 e. The van der Waals surface area contributed by atoms with Crippen LogP contribution >= 0.6 is 0 Å². The Labute approximate surface area is 147 Å². The van der Waals surface area contributed by atoms with Gasteiger partial charge >= 0.3 is 6.03 Å². The molecule has 2 amide bonds. The molecule has 1 aliphatic rings. The van der Waals surface area contributed by atoms with Gasteiger partial charge in [0, 0.05) is 50.2 Å². The topological polar surface area (TPSA) is 82.4 Å². The number of carbonyl (C=O) groups is 1. The van der Waals surface area contributed by atoms with Crippen LogP contribution in [-0.4, -0.2) is 46.6 Å². The van der Waals surface area contributed by atoms with Crippen molar-refractivity contribution in [3.05, 3.63) is 47.8 Å². The van der Waals surface area contributed by atoms with Gasteiger partial charge in [-0.2, -0.15) is 5.10 Å². The van der Waals surface area contributed by atoms with E-state index in [9.17, 15) is 9.90 Å². The SMILES string of the molecule is C[C@H](CNC(=O)NC[C@@H](O)c1cnn(C)c1)N1CCc2ccccc21. The number of aromatic nitrogens is 2. The van der Waals surface area contributed by atoms with Crippen LogP contribution in [0.3, 0.4) is 0 Å². The number of hydrogen-bond donors (Lipinski definition) is 3. The zero-order valence-electron chi connectivity index (χ0n) is 14.6. The third kappa shape index (κ3) is 4.11. The van der Waals surface area contributed by atoms with Crippen molar-refractivity contribution in [3.8, 4) is 0 Å². The third-order valence-corrected chi connectivity index (χ3v) is 4.58. The summed E-state index contributed by atoms with van der Waals surface area (Å²) in [6.45, 7) is 3.78. The van der Waals surface area contributed by atoms with E-state index in [1.165, 1.54) is 11.3 Å². The summed E-state index contributed by atoms with van der Waals surface area (Å²) in [4.78, 5) is 14.3. The fourth-order valence-electron chi connectivity index (χ4n) is 3.15. The molecule has 0 fully saturated rings. The number of nitrogens with zero attached hydrogens (tertiary/aromatic N) is 3. The number of anilines is 1. The predicted molar refractivity (Wildman–Crippen MR) is 96.5 cm³/mol. The molecule has 25 heavy (non-hydrogen) atoms. The summed E-state index contributed by atoms with van der Waals surface area (Å²) < 4.78 is 1.62. The van der Waals surface area contributed by atoms with Gasteiger partial charge in [-0.15, -0.1) is 0 Å². The fourth-order valence-corrected chi connectivity index (χ4v) is 3.15. The molecule has 7 nitrogen and oxygen atoms in total. The molecule has 7 heteroatoms. The van der Waals surface area contributed by atoms with E-state index in [0.717, 1.165) is 13.0 Å². The highest BCUT2D eigenvalue weighted by Gasteiger charge is 2.23. The van der Waals surface area contributed by atoms with E-state index in [-0.39, 0.29) is 18.6 Å². The van der Waals surface area contributed by atoms with Crippen molar-refractivity contribution in [2.75, 3.05) is 24.5 Å². The zero-order chi connectivity index (χ0) is 17.8. The summed E-state index contributed by atoms with van der Waals surface area (Å²) in [6, 6.07) is 8.32. The highest BCUT2D eigenvalue weighted by molar-refractivity contribution is 5.74. The average molecular weight is 343 g/mol. The molecule has 0 unspecified atom stereocenters. The van der Waals surface area contributed by atoms with Crippen LogP contribution in [-0.2, 0) is 13.5 Å². The summed E-state index contributed by atoms with van der Waals surface area (Å²) in [5.74, 6) is 0. The third-order valence-electron chi connectivity index (χ3n) is 4.58. The largest absolute Gasteiger partial charge is 0.386 e. The molecule has 0 saturated heterocycles. The number of amides is 2. The van der Waals surface area contributed by atoms with Gasteiger partial charge in [-0.1, -0.05) is 18.2 Å². The van der Waals surface area contributed by atoms with Gasteiger partial charge < -0.3 is 20.6 Å². The van der Waals surface area contributed by atoms with Gasteiger partial charge in [0.1, 0.15) is 0 Å². The van der Waals surface area contributed by atoms with Crippen molar-refractivity contribution in [1.82, 2.24) is 20.4 Å². The molecule has 1 aromatic carbocycles. The highest BCUT2D eigenvalue weighted by Crippen LogP contribution is 2.28. The van der Waals surface area contributed by atoms with E-state index in [4.69, 9.17) is 0 Å². The molecule has 2 heterocycles. The van der Waals surface area contributed by atoms with Crippen LogP contribution in [0.4, 0.5) is 10.5 Å². The van der Waals surface area contributed by atoms with Gasteiger partial charge in [0.2, 0.25) is 0 Å². The summed E-state index contributed by atoms with van der Waals surface area (Å²) in [6.07, 6.45) is 3.61. The van der Waals surface area contributed by atoms with E-state index < -0.39 is 6.10 Å². The van der Waals surface area contributed by atoms with E-state index in [2.05, 4.69) is 45.8 Å². The van der Waals surface area contributed by atoms with Gasteiger partial charge in [-0.05, 0) is 25.0 Å². The Bertz CT molecular complexity index is 730. The number of rotatable bonds is 6. The average Bonchev–Trinajstić information content (AvgIpc) is 3.23. The monoisotopic (exact) mass is 343 g/mol. The number of aliphatic hydroxyl groups is 1. The summed E-state index contributed by atoms with van der Waals surface area (Å²) in [5.41, 5.74) is 3.30. The lowest BCUT2D eigenvalue weighted by Gasteiger charge is -2.27. The molecule has 0 spiro atoms. The summed E-state index contributed by atoms with van der Waals surface area (Å²) >= 11 is 0. The number of nitrogens with one attached hydrogen (secondary N) is 2. The first kappa shape index (κ1) is 17.3. The summed E-state index contributed by atoms with van der Waals surface area (Å²) in [7, 11) is 1.79. The smallest absolute Gasteiger partial charge is 0.314 e. The quantitative estimate of drug-likeness (QED) is 0.736. The van der Waals surface area contributed by atoms with Crippen molar-refractivity contribution >= 4 is 11.7 Å². The minimum atomic E-state index is -0.762. The standard InChI is InChI=1S/C18H25N5O2/c1-13(23-8-7-14-5-3-4-6-16(14)23)9-19-18(25)20-11-17(24)15-10-21-22(2)12-15/h3-6,10,12-13,17,24H,7-9,11H2,1-2H3,(H2,19,20,25)/t13-,17-/m1/s1. The molecule has 3 rings (SSSR count). The van der Waals surface area contributed by atoms with Gasteiger partial charge in [0.25, 0.3) is 0 Å². The van der Waals surface area contributed by atoms with Gasteiger partial charge in [-0.3, -0.25) is 4.68 Å². The minimum absolute atomic E-state index is 0.151. The molecule has 0 radical (unpaired) electrons. The molecule has 2 aromatic rings. The Hall–Kier alpha value is -2.54. The second-order valence-electron chi connectivity index (χ2n) is 6.48. The Morgan fingerprint density at radius 1 is 1.32 bits per heavy atom. The number of urea groups is 1. The van der Waals surface area contributed by atoms with Crippen LogP contribution in [0.1, 0.15) is 24.2 Å². The van der Waals surface area contributed by atoms with Crippen LogP contribution in [0.5, 0.6) is 0 Å². The highest BCUT2D eigenvalue weighted by atomic mass is 16.3. The number of aryl methyl sites for hydroxylation is 1. The molecule has 1 aliphatic heterocycles. The van der Waals surface area contributed by atoms with E-state index in [1.54, 1.807) is 24.1 Å². The number of para-hydroxylation sites is 1. The lowest BCUT2D eigenvalue weighted by Crippen LogP contribution is -2.45. The molecule has 2 atom stereocenters. The maximum absolute atomic E-state index is 12.0. The molecular weight excluding hydrogens is 318 g/mol. The first-order valence-corrected chi connectivity index (χ1v) is 8.57. The first-order chi connectivity index (χ1) is 12.0. The molecule has 0 saturated carbocycles. The second-order valence-corrected chi connectivity index (χ2v) is 6.48. The van der Waals surface area contributed by atoms with E-state index >= 15 is 0 Å². The van der Waals surface area contributed by atoms with Crippen LogP contribution in [0.25, 0.3) is 0 Å². The van der Waals surface area contributed by atoms with Crippen LogP contribution < -0.4 is 15.5 Å². The number of hydrogen-bond acceptors (Lipinski definition) is 4. The number of fused-ring (bicyclic) bond motifs is 1.